The quantitative estimate of drug-likeness (QED) is 0.688. The van der Waals surface area contributed by atoms with Gasteiger partial charge in [-0.25, -0.2) is 0 Å². The maximum atomic E-state index is 5.13. The lowest BCUT2D eigenvalue weighted by atomic mass is 9.82. The minimum absolute atomic E-state index is 0.968. The van der Waals surface area contributed by atoms with Crippen molar-refractivity contribution in [3.05, 3.63) is 17.5 Å². The summed E-state index contributed by atoms with van der Waals surface area (Å²) in [5.41, 5.74) is 0.999. The third-order valence-electron chi connectivity index (χ3n) is 2.70. The van der Waals surface area contributed by atoms with Crippen molar-refractivity contribution < 1.29 is 4.52 Å². The Labute approximate surface area is 72.9 Å². The topological polar surface area (TPSA) is 26.0 Å². The number of nitrogens with zero attached hydrogens (tertiary/aromatic N) is 1. The van der Waals surface area contributed by atoms with E-state index >= 15 is 0 Å². The number of rotatable bonds is 3. The first kappa shape index (κ1) is 7.84. The Balaban J connectivity index is 1.79. The molecule has 0 atom stereocenters. The minimum Gasteiger partial charge on any atom is -0.361 e. The molecule has 12 heavy (non-hydrogen) atoms. The molecule has 0 aromatic carbocycles. The van der Waals surface area contributed by atoms with E-state index in [0.717, 1.165) is 23.8 Å². The van der Waals surface area contributed by atoms with Gasteiger partial charge >= 0.3 is 0 Å². The molecule has 0 spiro atoms. The van der Waals surface area contributed by atoms with Crippen molar-refractivity contribution >= 4 is 0 Å². The van der Waals surface area contributed by atoms with Crippen molar-refractivity contribution in [2.45, 2.75) is 39.0 Å². The monoisotopic (exact) mass is 165 g/mol. The number of hydrogen-bond donors (Lipinski definition) is 0. The lowest BCUT2D eigenvalue weighted by Crippen LogP contribution is -2.11. The predicted octanol–water partition coefficient (Wildman–Crippen LogP) is 2.72. The van der Waals surface area contributed by atoms with Crippen molar-refractivity contribution in [2.75, 3.05) is 0 Å². The first-order valence-electron chi connectivity index (χ1n) is 4.77. The molecule has 0 radical (unpaired) electrons. The zero-order valence-electron chi connectivity index (χ0n) is 7.55. The van der Waals surface area contributed by atoms with Gasteiger partial charge in [-0.3, -0.25) is 0 Å². The van der Waals surface area contributed by atoms with Gasteiger partial charge in [-0.2, -0.15) is 0 Å². The van der Waals surface area contributed by atoms with Gasteiger partial charge in [0.25, 0.3) is 0 Å². The van der Waals surface area contributed by atoms with Crippen LogP contribution in [0.5, 0.6) is 0 Å². The summed E-state index contributed by atoms with van der Waals surface area (Å²) in [6.07, 6.45) is 6.64. The number of hydrogen-bond acceptors (Lipinski definition) is 2. The number of aromatic nitrogens is 1. The summed E-state index contributed by atoms with van der Waals surface area (Å²) in [6.45, 7) is 1.97. The zero-order valence-corrected chi connectivity index (χ0v) is 7.55. The highest BCUT2D eigenvalue weighted by molar-refractivity contribution is 5.03. The Morgan fingerprint density at radius 2 is 2.42 bits per heavy atom. The maximum absolute atomic E-state index is 5.13. The fourth-order valence-corrected chi connectivity index (χ4v) is 1.66. The van der Waals surface area contributed by atoms with Gasteiger partial charge in [0, 0.05) is 12.5 Å². The summed E-state index contributed by atoms with van der Waals surface area (Å²) in [4.78, 5) is 0. The van der Waals surface area contributed by atoms with E-state index in [2.05, 4.69) is 5.16 Å². The molecular formula is C10H15NO. The second-order valence-corrected chi connectivity index (χ2v) is 3.77. The van der Waals surface area contributed by atoms with E-state index in [4.69, 9.17) is 4.52 Å². The second-order valence-electron chi connectivity index (χ2n) is 3.77. The van der Waals surface area contributed by atoms with Crippen molar-refractivity contribution in [1.29, 1.82) is 0 Å². The molecule has 0 N–H and O–H groups in total. The van der Waals surface area contributed by atoms with Crippen LogP contribution in [0.2, 0.25) is 0 Å². The zero-order chi connectivity index (χ0) is 8.39. The highest BCUT2D eigenvalue weighted by Crippen LogP contribution is 2.30. The summed E-state index contributed by atoms with van der Waals surface area (Å²) in [7, 11) is 0. The molecule has 0 bridgehead atoms. The molecule has 1 heterocycles. The van der Waals surface area contributed by atoms with Gasteiger partial charge in [-0.05, 0) is 19.3 Å². The molecule has 2 heteroatoms. The molecule has 2 nitrogen and oxygen atoms in total. The Hall–Kier alpha value is -0.790. The summed E-state index contributed by atoms with van der Waals surface area (Å²) in [5.74, 6) is 2.02. The van der Waals surface area contributed by atoms with E-state index in [1.807, 2.05) is 13.0 Å². The van der Waals surface area contributed by atoms with E-state index in [-0.39, 0.29) is 0 Å². The molecule has 0 saturated heterocycles. The van der Waals surface area contributed by atoms with Crippen molar-refractivity contribution in [1.82, 2.24) is 5.16 Å². The Morgan fingerprint density at radius 1 is 1.58 bits per heavy atom. The van der Waals surface area contributed by atoms with Crippen LogP contribution in [0, 0.1) is 12.8 Å². The van der Waals surface area contributed by atoms with Crippen LogP contribution in [-0.2, 0) is 6.42 Å². The van der Waals surface area contributed by atoms with E-state index in [0.29, 0.717) is 0 Å². The van der Waals surface area contributed by atoms with Crippen molar-refractivity contribution in [3.8, 4) is 0 Å². The van der Waals surface area contributed by atoms with Crippen LogP contribution in [0.3, 0.4) is 0 Å². The van der Waals surface area contributed by atoms with Gasteiger partial charge < -0.3 is 4.52 Å². The van der Waals surface area contributed by atoms with E-state index in [1.54, 1.807) is 0 Å². The third kappa shape index (κ3) is 1.68. The normalized spacial score (nSPS) is 17.8. The van der Waals surface area contributed by atoms with Gasteiger partial charge in [0.2, 0.25) is 0 Å². The fourth-order valence-electron chi connectivity index (χ4n) is 1.66. The first-order chi connectivity index (χ1) is 5.84. The van der Waals surface area contributed by atoms with Gasteiger partial charge in [0.15, 0.2) is 0 Å². The highest BCUT2D eigenvalue weighted by Gasteiger charge is 2.17. The maximum Gasteiger partial charge on any atom is 0.137 e. The molecule has 1 fully saturated rings. The number of aryl methyl sites for hydroxylation is 2. The van der Waals surface area contributed by atoms with Crippen LogP contribution < -0.4 is 0 Å². The van der Waals surface area contributed by atoms with Crippen LogP contribution in [0.15, 0.2) is 10.6 Å². The van der Waals surface area contributed by atoms with Crippen LogP contribution in [0.25, 0.3) is 0 Å². The van der Waals surface area contributed by atoms with Crippen LogP contribution >= 0.6 is 0 Å². The van der Waals surface area contributed by atoms with E-state index in [9.17, 15) is 0 Å². The fraction of sp³-hybridized carbons (Fsp3) is 0.700. The predicted molar refractivity (Wildman–Crippen MR) is 46.9 cm³/mol. The van der Waals surface area contributed by atoms with Crippen LogP contribution in [0.4, 0.5) is 0 Å². The smallest absolute Gasteiger partial charge is 0.137 e. The third-order valence-corrected chi connectivity index (χ3v) is 2.70. The van der Waals surface area contributed by atoms with E-state index in [1.165, 1.54) is 25.7 Å². The Morgan fingerprint density at radius 3 is 2.92 bits per heavy atom. The Bertz CT molecular complexity index is 250. The summed E-state index contributed by atoms with van der Waals surface area (Å²) in [5, 5.41) is 3.86. The molecular weight excluding hydrogens is 150 g/mol. The van der Waals surface area contributed by atoms with Gasteiger partial charge in [-0.15, -0.1) is 0 Å². The van der Waals surface area contributed by atoms with Gasteiger partial charge in [-0.1, -0.05) is 24.4 Å². The molecule has 0 amide bonds. The molecule has 0 unspecified atom stereocenters. The molecule has 0 aliphatic heterocycles. The molecule has 1 aromatic rings. The average molecular weight is 165 g/mol. The lowest BCUT2D eigenvalue weighted by Gasteiger charge is -2.24. The largest absolute Gasteiger partial charge is 0.361 e. The lowest BCUT2D eigenvalue weighted by molar-refractivity contribution is 0.282. The van der Waals surface area contributed by atoms with E-state index < -0.39 is 0 Å². The molecule has 2 rings (SSSR count). The summed E-state index contributed by atoms with van der Waals surface area (Å²) >= 11 is 0. The average Bonchev–Trinajstić information content (AvgIpc) is 2.32. The van der Waals surface area contributed by atoms with Crippen LogP contribution in [-0.4, -0.2) is 5.16 Å². The summed E-state index contributed by atoms with van der Waals surface area (Å²) < 4.78 is 5.13. The summed E-state index contributed by atoms with van der Waals surface area (Å²) in [6, 6.07) is 2.04. The van der Waals surface area contributed by atoms with Crippen molar-refractivity contribution in [3.63, 3.8) is 0 Å². The first-order valence-corrected chi connectivity index (χ1v) is 4.77. The molecule has 1 aliphatic carbocycles. The molecule has 1 aromatic heterocycles. The molecule has 66 valence electrons. The highest BCUT2D eigenvalue weighted by atomic mass is 16.5. The van der Waals surface area contributed by atoms with Crippen molar-refractivity contribution in [2.24, 2.45) is 5.92 Å². The van der Waals surface area contributed by atoms with Gasteiger partial charge in [0.05, 0.1) is 5.69 Å². The van der Waals surface area contributed by atoms with Gasteiger partial charge in [0.1, 0.15) is 5.76 Å². The molecule has 1 saturated carbocycles. The minimum atomic E-state index is 0.968. The Kier molecular flexibility index (Phi) is 2.15. The standard InChI is InChI=1S/C10H15NO/c1-8-7-10(12-11-8)6-5-9-3-2-4-9/h7,9H,2-6H2,1H3. The van der Waals surface area contributed by atoms with Crippen LogP contribution in [0.1, 0.15) is 37.1 Å². The molecule has 1 aliphatic rings. The SMILES string of the molecule is Cc1cc(CCC2CCC2)on1. The second kappa shape index (κ2) is 3.30.